The quantitative estimate of drug-likeness (QED) is 0.317. The van der Waals surface area contributed by atoms with Crippen molar-refractivity contribution in [2.24, 2.45) is 0 Å². The summed E-state index contributed by atoms with van der Waals surface area (Å²) in [7, 11) is 0. The van der Waals surface area contributed by atoms with E-state index in [-0.39, 0.29) is 22.2 Å². The Morgan fingerprint density at radius 1 is 1.00 bits per heavy atom. The molecule has 0 bridgehead atoms. The standard InChI is InChI=1S/C21H11ClF3N3OS/c22-14-10-26-15-8-4-7-12(17(14)15)19-27-20(29-28-19)16-9-13(11-5-2-1-3-6-11)18(30-16)21(23,24)25/h1-10,26H. The molecule has 5 aromatic rings. The Bertz CT molecular complexity index is 1360. The van der Waals surface area contributed by atoms with Crippen LogP contribution in [0, 0.1) is 0 Å². The van der Waals surface area contributed by atoms with Gasteiger partial charge in [-0.1, -0.05) is 59.2 Å². The van der Waals surface area contributed by atoms with Crippen molar-refractivity contribution in [1.82, 2.24) is 15.1 Å². The van der Waals surface area contributed by atoms with Crippen molar-refractivity contribution in [3.05, 3.63) is 70.7 Å². The molecule has 0 amide bonds. The molecule has 150 valence electrons. The van der Waals surface area contributed by atoms with Gasteiger partial charge >= 0.3 is 6.18 Å². The van der Waals surface area contributed by atoms with E-state index in [0.717, 1.165) is 10.9 Å². The summed E-state index contributed by atoms with van der Waals surface area (Å²) in [5.41, 5.74) is 1.98. The molecule has 0 aliphatic rings. The van der Waals surface area contributed by atoms with E-state index in [1.54, 1.807) is 48.7 Å². The molecule has 0 aliphatic heterocycles. The van der Waals surface area contributed by atoms with Crippen LogP contribution in [0.15, 0.2) is 65.3 Å². The van der Waals surface area contributed by atoms with Crippen molar-refractivity contribution < 1.29 is 17.7 Å². The number of benzene rings is 2. The second-order valence-corrected chi connectivity index (χ2v) is 7.96. The van der Waals surface area contributed by atoms with E-state index < -0.39 is 11.1 Å². The van der Waals surface area contributed by atoms with Crippen molar-refractivity contribution >= 4 is 33.8 Å². The predicted molar refractivity (Wildman–Crippen MR) is 110 cm³/mol. The van der Waals surface area contributed by atoms with Gasteiger partial charge in [-0.05, 0) is 17.7 Å². The van der Waals surface area contributed by atoms with Crippen molar-refractivity contribution in [1.29, 1.82) is 0 Å². The van der Waals surface area contributed by atoms with Crippen LogP contribution in [0.2, 0.25) is 5.02 Å². The lowest BCUT2D eigenvalue weighted by Crippen LogP contribution is -2.03. The number of fused-ring (bicyclic) bond motifs is 1. The van der Waals surface area contributed by atoms with E-state index in [1.807, 2.05) is 6.07 Å². The second-order valence-electron chi connectivity index (χ2n) is 6.51. The fourth-order valence-electron chi connectivity index (χ4n) is 3.30. The molecule has 9 heteroatoms. The molecule has 3 aromatic heterocycles. The van der Waals surface area contributed by atoms with Crippen molar-refractivity contribution in [3.8, 4) is 33.3 Å². The van der Waals surface area contributed by atoms with Gasteiger partial charge < -0.3 is 9.51 Å². The van der Waals surface area contributed by atoms with Crippen LogP contribution in [0.3, 0.4) is 0 Å². The summed E-state index contributed by atoms with van der Waals surface area (Å²) in [6.45, 7) is 0. The summed E-state index contributed by atoms with van der Waals surface area (Å²) in [5.74, 6) is 0.270. The van der Waals surface area contributed by atoms with Crippen LogP contribution in [0.25, 0.3) is 44.2 Å². The molecular weight excluding hydrogens is 435 g/mol. The summed E-state index contributed by atoms with van der Waals surface area (Å²) in [4.78, 5) is 6.92. The third-order valence-electron chi connectivity index (χ3n) is 4.61. The number of hydrogen-bond donors (Lipinski definition) is 1. The highest BCUT2D eigenvalue weighted by atomic mass is 35.5. The number of aromatic nitrogens is 3. The van der Waals surface area contributed by atoms with Crippen molar-refractivity contribution in [2.75, 3.05) is 0 Å². The van der Waals surface area contributed by atoms with Gasteiger partial charge in [0.2, 0.25) is 5.82 Å². The Morgan fingerprint density at radius 3 is 2.57 bits per heavy atom. The number of nitrogens with one attached hydrogen (secondary N) is 1. The number of alkyl halides is 3. The molecule has 4 nitrogen and oxygen atoms in total. The Labute approximate surface area is 176 Å². The predicted octanol–water partition coefficient (Wildman–Crippen LogP) is 7.29. The molecule has 0 saturated carbocycles. The number of aromatic amines is 1. The van der Waals surface area contributed by atoms with Gasteiger partial charge in [-0.2, -0.15) is 18.2 Å². The largest absolute Gasteiger partial charge is 0.426 e. The molecule has 0 atom stereocenters. The van der Waals surface area contributed by atoms with E-state index in [0.29, 0.717) is 27.5 Å². The summed E-state index contributed by atoms with van der Waals surface area (Å²) in [6.07, 6.45) is -2.85. The van der Waals surface area contributed by atoms with Crippen LogP contribution < -0.4 is 0 Å². The first-order valence-electron chi connectivity index (χ1n) is 8.78. The van der Waals surface area contributed by atoms with Gasteiger partial charge in [-0.3, -0.25) is 0 Å². The van der Waals surface area contributed by atoms with Gasteiger partial charge in [0, 0.05) is 28.2 Å². The van der Waals surface area contributed by atoms with Crippen molar-refractivity contribution in [3.63, 3.8) is 0 Å². The van der Waals surface area contributed by atoms with Crippen LogP contribution in [0.4, 0.5) is 13.2 Å². The maximum Gasteiger partial charge on any atom is 0.426 e. The molecule has 0 radical (unpaired) electrons. The topological polar surface area (TPSA) is 54.7 Å². The Hall–Kier alpha value is -3.10. The minimum absolute atomic E-state index is 0.0198. The Kier molecular flexibility index (Phi) is 4.41. The first kappa shape index (κ1) is 18.9. The molecule has 2 aromatic carbocycles. The minimum Gasteiger partial charge on any atom is -0.360 e. The maximum absolute atomic E-state index is 13.6. The lowest BCUT2D eigenvalue weighted by molar-refractivity contribution is -0.133. The maximum atomic E-state index is 13.6. The average molecular weight is 446 g/mol. The summed E-state index contributed by atoms with van der Waals surface area (Å²) >= 11 is 6.83. The smallest absolute Gasteiger partial charge is 0.360 e. The van der Waals surface area contributed by atoms with Gasteiger partial charge in [0.05, 0.1) is 9.90 Å². The second kappa shape index (κ2) is 7.00. The number of hydrogen-bond acceptors (Lipinski definition) is 4. The summed E-state index contributed by atoms with van der Waals surface area (Å²) in [5, 5.41) is 5.19. The van der Waals surface area contributed by atoms with Gasteiger partial charge in [-0.25, -0.2) is 0 Å². The number of nitrogens with zero attached hydrogens (tertiary/aromatic N) is 2. The van der Waals surface area contributed by atoms with Gasteiger partial charge in [0.25, 0.3) is 5.89 Å². The molecule has 0 aliphatic carbocycles. The van der Waals surface area contributed by atoms with Gasteiger partial charge in [-0.15, -0.1) is 11.3 Å². The Morgan fingerprint density at radius 2 is 1.80 bits per heavy atom. The van der Waals surface area contributed by atoms with Crippen molar-refractivity contribution in [2.45, 2.75) is 6.18 Å². The highest BCUT2D eigenvalue weighted by Crippen LogP contribution is 2.45. The van der Waals surface area contributed by atoms with Crippen LogP contribution in [0.1, 0.15) is 4.88 Å². The van der Waals surface area contributed by atoms with Crippen LogP contribution >= 0.6 is 22.9 Å². The molecule has 5 rings (SSSR count). The van der Waals surface area contributed by atoms with E-state index in [9.17, 15) is 13.2 Å². The first-order chi connectivity index (χ1) is 14.4. The van der Waals surface area contributed by atoms with Gasteiger partial charge in [0.15, 0.2) is 0 Å². The number of halogens is 4. The zero-order valence-electron chi connectivity index (χ0n) is 15.0. The van der Waals surface area contributed by atoms with E-state index in [4.69, 9.17) is 16.1 Å². The molecule has 0 unspecified atom stereocenters. The SMILES string of the molecule is FC(F)(F)c1sc(-c2nc(-c3cccc4[nH]cc(Cl)c34)no2)cc1-c1ccccc1. The third kappa shape index (κ3) is 3.18. The molecule has 1 N–H and O–H groups in total. The van der Waals surface area contributed by atoms with E-state index in [2.05, 4.69) is 15.1 Å². The number of thiophene rings is 1. The zero-order chi connectivity index (χ0) is 20.9. The van der Waals surface area contributed by atoms with Crippen LogP contribution in [0.5, 0.6) is 0 Å². The Balaban J connectivity index is 1.62. The summed E-state index contributed by atoms with van der Waals surface area (Å²) in [6, 6.07) is 15.3. The van der Waals surface area contributed by atoms with Gasteiger partial charge in [0.1, 0.15) is 4.88 Å². The highest BCUT2D eigenvalue weighted by Gasteiger charge is 2.37. The van der Waals surface area contributed by atoms with Crippen LogP contribution in [-0.4, -0.2) is 15.1 Å². The average Bonchev–Trinajstić information content (AvgIpc) is 3.46. The summed E-state index contributed by atoms with van der Waals surface area (Å²) < 4.78 is 46.2. The number of H-pyrrole nitrogens is 1. The highest BCUT2D eigenvalue weighted by molar-refractivity contribution is 7.16. The molecular formula is C21H11ClF3N3OS. The lowest BCUT2D eigenvalue weighted by atomic mass is 10.1. The fourth-order valence-corrected chi connectivity index (χ4v) is 4.53. The first-order valence-corrected chi connectivity index (χ1v) is 9.98. The third-order valence-corrected chi connectivity index (χ3v) is 6.08. The minimum atomic E-state index is -4.50. The fraction of sp³-hybridized carbons (Fsp3) is 0.0476. The van der Waals surface area contributed by atoms with E-state index in [1.165, 1.54) is 6.07 Å². The molecule has 0 saturated heterocycles. The molecule has 0 fully saturated rings. The van der Waals surface area contributed by atoms with E-state index >= 15 is 0 Å². The lowest BCUT2D eigenvalue weighted by Gasteiger charge is -2.07. The number of rotatable bonds is 3. The molecule has 30 heavy (non-hydrogen) atoms. The normalized spacial score (nSPS) is 12.0. The molecule has 3 heterocycles. The molecule has 0 spiro atoms. The monoisotopic (exact) mass is 445 g/mol. The van der Waals surface area contributed by atoms with Crippen LogP contribution in [-0.2, 0) is 6.18 Å². The zero-order valence-corrected chi connectivity index (χ0v) is 16.6.